The van der Waals surface area contributed by atoms with Crippen LogP contribution in [0.1, 0.15) is 16.1 Å². The zero-order chi connectivity index (χ0) is 20.9. The zero-order valence-electron chi connectivity index (χ0n) is 16.1. The predicted molar refractivity (Wildman–Crippen MR) is 114 cm³/mol. The fraction of sp³-hybridized carbons (Fsp3) is 0.0870. The highest BCUT2D eigenvalue weighted by Crippen LogP contribution is 2.27. The SMILES string of the molecule is Nc1ccc(-c2ccccc2)cc1NC(=O)c1cn(CCc2ccc(F)cc2)nn1. The van der Waals surface area contributed by atoms with Crippen LogP contribution in [0.25, 0.3) is 11.1 Å². The maximum Gasteiger partial charge on any atom is 0.277 e. The molecule has 0 aliphatic heterocycles. The lowest BCUT2D eigenvalue weighted by molar-refractivity contribution is 0.102. The van der Waals surface area contributed by atoms with Crippen molar-refractivity contribution in [1.82, 2.24) is 15.0 Å². The number of hydrogen-bond acceptors (Lipinski definition) is 4. The third kappa shape index (κ3) is 4.52. The second kappa shape index (κ2) is 8.57. The molecule has 0 fully saturated rings. The fourth-order valence-electron chi connectivity index (χ4n) is 3.07. The molecule has 0 unspecified atom stereocenters. The molecule has 0 atom stereocenters. The monoisotopic (exact) mass is 401 g/mol. The Kier molecular flexibility index (Phi) is 5.52. The number of carbonyl (C=O) groups is 1. The van der Waals surface area contributed by atoms with Gasteiger partial charge in [-0.05, 0) is 47.4 Å². The topological polar surface area (TPSA) is 85.8 Å². The number of halogens is 1. The second-order valence-corrected chi connectivity index (χ2v) is 6.87. The molecule has 0 aliphatic rings. The van der Waals surface area contributed by atoms with Crippen LogP contribution >= 0.6 is 0 Å². The van der Waals surface area contributed by atoms with E-state index in [1.807, 2.05) is 42.5 Å². The van der Waals surface area contributed by atoms with Crippen molar-refractivity contribution in [2.75, 3.05) is 11.1 Å². The molecule has 150 valence electrons. The lowest BCUT2D eigenvalue weighted by atomic mass is 10.0. The molecule has 4 aromatic rings. The van der Waals surface area contributed by atoms with Gasteiger partial charge in [-0.15, -0.1) is 5.10 Å². The van der Waals surface area contributed by atoms with Crippen LogP contribution in [0.15, 0.2) is 79.0 Å². The summed E-state index contributed by atoms with van der Waals surface area (Å²) in [6.45, 7) is 0.525. The van der Waals surface area contributed by atoms with Gasteiger partial charge in [0.25, 0.3) is 5.91 Å². The second-order valence-electron chi connectivity index (χ2n) is 6.87. The number of aryl methyl sites for hydroxylation is 2. The molecule has 1 amide bonds. The van der Waals surface area contributed by atoms with Gasteiger partial charge >= 0.3 is 0 Å². The van der Waals surface area contributed by atoms with Crippen LogP contribution in [0.5, 0.6) is 0 Å². The molecule has 0 aliphatic carbocycles. The molecule has 0 bridgehead atoms. The number of nitrogen functional groups attached to an aromatic ring is 1. The van der Waals surface area contributed by atoms with Gasteiger partial charge in [0.1, 0.15) is 5.82 Å². The summed E-state index contributed by atoms with van der Waals surface area (Å²) < 4.78 is 14.6. The molecule has 1 heterocycles. The Balaban J connectivity index is 1.44. The van der Waals surface area contributed by atoms with Crippen LogP contribution in [0.3, 0.4) is 0 Å². The summed E-state index contributed by atoms with van der Waals surface area (Å²) in [6.07, 6.45) is 2.23. The van der Waals surface area contributed by atoms with Crippen LogP contribution < -0.4 is 11.1 Å². The molecule has 30 heavy (non-hydrogen) atoms. The highest BCUT2D eigenvalue weighted by atomic mass is 19.1. The summed E-state index contributed by atoms with van der Waals surface area (Å²) in [4.78, 5) is 12.6. The lowest BCUT2D eigenvalue weighted by Crippen LogP contribution is -2.14. The minimum Gasteiger partial charge on any atom is -0.397 e. The first-order valence-corrected chi connectivity index (χ1v) is 9.49. The fourth-order valence-corrected chi connectivity index (χ4v) is 3.07. The van der Waals surface area contributed by atoms with E-state index in [9.17, 15) is 9.18 Å². The van der Waals surface area contributed by atoms with Crippen molar-refractivity contribution in [2.24, 2.45) is 0 Å². The number of anilines is 2. The van der Waals surface area contributed by atoms with Crippen molar-refractivity contribution < 1.29 is 9.18 Å². The highest BCUT2D eigenvalue weighted by molar-refractivity contribution is 6.04. The number of hydrogen-bond donors (Lipinski definition) is 2. The minimum absolute atomic E-state index is 0.193. The van der Waals surface area contributed by atoms with Crippen molar-refractivity contribution in [3.05, 3.63) is 96.1 Å². The molecule has 3 N–H and O–H groups in total. The highest BCUT2D eigenvalue weighted by Gasteiger charge is 2.13. The normalized spacial score (nSPS) is 10.7. The van der Waals surface area contributed by atoms with Crippen molar-refractivity contribution >= 4 is 17.3 Å². The number of nitrogens with zero attached hydrogens (tertiary/aromatic N) is 3. The third-order valence-electron chi connectivity index (χ3n) is 4.72. The Hall–Kier alpha value is -4.00. The van der Waals surface area contributed by atoms with Crippen LogP contribution in [0, 0.1) is 5.82 Å². The Labute approximate surface area is 173 Å². The smallest absolute Gasteiger partial charge is 0.277 e. The van der Waals surface area contributed by atoms with Gasteiger partial charge < -0.3 is 11.1 Å². The molecule has 1 aromatic heterocycles. The van der Waals surface area contributed by atoms with Gasteiger partial charge in [0.2, 0.25) is 0 Å². The Morgan fingerprint density at radius 2 is 1.77 bits per heavy atom. The Morgan fingerprint density at radius 1 is 1.00 bits per heavy atom. The standard InChI is InChI=1S/C23H20FN5O/c24-19-9-6-16(7-10-19)12-13-29-15-22(27-28-29)23(30)26-21-14-18(8-11-20(21)25)17-4-2-1-3-5-17/h1-11,14-15H,12-13,25H2,(H,26,30). The summed E-state index contributed by atoms with van der Waals surface area (Å²) in [5, 5.41) is 10.8. The number of nitrogens with two attached hydrogens (primary N) is 1. The van der Waals surface area contributed by atoms with Crippen molar-refractivity contribution in [3.63, 3.8) is 0 Å². The van der Waals surface area contributed by atoms with E-state index < -0.39 is 0 Å². The first-order chi connectivity index (χ1) is 14.6. The van der Waals surface area contributed by atoms with Gasteiger partial charge in [-0.3, -0.25) is 9.48 Å². The number of nitrogens with one attached hydrogen (secondary N) is 1. The summed E-state index contributed by atoms with van der Waals surface area (Å²) in [5.41, 5.74) is 10.2. The van der Waals surface area contributed by atoms with Crippen LogP contribution in [0.2, 0.25) is 0 Å². The van der Waals surface area contributed by atoms with Crippen LogP contribution in [-0.4, -0.2) is 20.9 Å². The van der Waals surface area contributed by atoms with Gasteiger partial charge in [0, 0.05) is 6.54 Å². The average Bonchev–Trinajstić information content (AvgIpc) is 3.25. The lowest BCUT2D eigenvalue weighted by Gasteiger charge is -2.09. The summed E-state index contributed by atoms with van der Waals surface area (Å²) in [5.74, 6) is -0.658. The number of rotatable bonds is 6. The van der Waals surface area contributed by atoms with Gasteiger partial charge in [-0.2, -0.15) is 0 Å². The molecule has 0 radical (unpaired) electrons. The maximum atomic E-state index is 13.0. The first-order valence-electron chi connectivity index (χ1n) is 9.49. The number of amides is 1. The van der Waals surface area contributed by atoms with E-state index in [1.54, 1.807) is 29.1 Å². The third-order valence-corrected chi connectivity index (χ3v) is 4.72. The number of carbonyl (C=O) groups excluding carboxylic acids is 1. The van der Waals surface area contributed by atoms with Gasteiger partial charge in [0.15, 0.2) is 5.69 Å². The largest absolute Gasteiger partial charge is 0.397 e. The minimum atomic E-state index is -0.389. The van der Waals surface area contributed by atoms with Crippen LogP contribution in [0.4, 0.5) is 15.8 Å². The van der Waals surface area contributed by atoms with E-state index in [2.05, 4.69) is 15.6 Å². The van der Waals surface area contributed by atoms with E-state index in [1.165, 1.54) is 12.1 Å². The van der Waals surface area contributed by atoms with Crippen molar-refractivity contribution in [2.45, 2.75) is 13.0 Å². The summed E-state index contributed by atoms with van der Waals surface area (Å²) >= 11 is 0. The van der Waals surface area contributed by atoms with E-state index >= 15 is 0 Å². The van der Waals surface area contributed by atoms with Gasteiger partial charge in [-0.1, -0.05) is 53.7 Å². The van der Waals surface area contributed by atoms with Crippen molar-refractivity contribution in [3.8, 4) is 11.1 Å². The van der Waals surface area contributed by atoms with Crippen LogP contribution in [-0.2, 0) is 13.0 Å². The maximum absolute atomic E-state index is 13.0. The first kappa shape index (κ1) is 19.3. The van der Waals surface area contributed by atoms with E-state index in [-0.39, 0.29) is 17.4 Å². The average molecular weight is 401 g/mol. The molecule has 6 nitrogen and oxygen atoms in total. The Morgan fingerprint density at radius 3 is 2.53 bits per heavy atom. The number of aromatic nitrogens is 3. The summed E-state index contributed by atoms with van der Waals surface area (Å²) in [7, 11) is 0. The molecular weight excluding hydrogens is 381 g/mol. The van der Waals surface area contributed by atoms with E-state index in [0.717, 1.165) is 16.7 Å². The quantitative estimate of drug-likeness (QED) is 0.475. The van der Waals surface area contributed by atoms with Gasteiger partial charge in [0.05, 0.1) is 17.6 Å². The molecule has 0 spiro atoms. The van der Waals surface area contributed by atoms with Gasteiger partial charge in [-0.25, -0.2) is 4.39 Å². The molecule has 7 heteroatoms. The molecule has 4 rings (SSSR count). The molecular formula is C23H20FN5O. The molecule has 3 aromatic carbocycles. The predicted octanol–water partition coefficient (Wildman–Crippen LogP) is 4.16. The van der Waals surface area contributed by atoms with E-state index in [0.29, 0.717) is 24.3 Å². The number of benzene rings is 3. The van der Waals surface area contributed by atoms with E-state index in [4.69, 9.17) is 5.73 Å². The Bertz CT molecular complexity index is 1160. The molecule has 0 saturated heterocycles. The molecule has 0 saturated carbocycles. The summed E-state index contributed by atoms with van der Waals surface area (Å²) in [6, 6.07) is 21.6. The zero-order valence-corrected chi connectivity index (χ0v) is 16.1. The van der Waals surface area contributed by atoms with Crippen molar-refractivity contribution in [1.29, 1.82) is 0 Å².